The Bertz CT molecular complexity index is 1930. The summed E-state index contributed by atoms with van der Waals surface area (Å²) < 4.78 is 66.1. The highest BCUT2D eigenvalue weighted by atomic mass is 32.2. The van der Waals surface area contributed by atoms with Crippen molar-refractivity contribution in [3.05, 3.63) is 99.1 Å². The van der Waals surface area contributed by atoms with Gasteiger partial charge in [-0.1, -0.05) is 42.5 Å². The molecule has 2 heterocycles. The van der Waals surface area contributed by atoms with Gasteiger partial charge in [-0.2, -0.15) is 22.1 Å². The number of aryl methyl sites for hydroxylation is 2. The predicted molar refractivity (Wildman–Crippen MR) is 176 cm³/mol. The van der Waals surface area contributed by atoms with Crippen LogP contribution in [0.4, 0.5) is 5.69 Å². The fourth-order valence-corrected chi connectivity index (χ4v) is 7.81. The molecule has 0 aromatic heterocycles. The van der Waals surface area contributed by atoms with Crippen LogP contribution in [0.5, 0.6) is 0 Å². The lowest BCUT2D eigenvalue weighted by Gasteiger charge is -2.34. The van der Waals surface area contributed by atoms with Crippen LogP contribution in [-0.4, -0.2) is 63.6 Å². The van der Waals surface area contributed by atoms with Crippen molar-refractivity contribution >= 4 is 31.5 Å². The van der Waals surface area contributed by atoms with Crippen molar-refractivity contribution in [2.75, 3.05) is 42.6 Å². The molecule has 0 amide bonds. The molecule has 238 valence electrons. The molecule has 11 heteroatoms. The first-order chi connectivity index (χ1) is 21.5. The van der Waals surface area contributed by atoms with Gasteiger partial charge in [-0.15, -0.1) is 0 Å². The summed E-state index contributed by atoms with van der Waals surface area (Å²) in [7, 11) is -8.02. The van der Waals surface area contributed by atoms with Crippen LogP contribution in [0.3, 0.4) is 0 Å². The average Bonchev–Trinajstić information content (AvgIpc) is 3.01. The van der Waals surface area contributed by atoms with E-state index >= 15 is 0 Å². The highest BCUT2D eigenvalue weighted by Gasteiger charge is 2.25. The maximum Gasteiger partial charge on any atom is 0.264 e. The van der Waals surface area contributed by atoms with E-state index in [1.54, 1.807) is 0 Å². The lowest BCUT2D eigenvalue weighted by atomic mass is 9.88. The zero-order chi connectivity index (χ0) is 32.0. The number of hydrogen-bond acceptors (Lipinski definition) is 6. The summed E-state index contributed by atoms with van der Waals surface area (Å²) in [5.74, 6) is -0.512. The van der Waals surface area contributed by atoms with Crippen LogP contribution in [0.2, 0.25) is 0 Å². The number of rotatable bonds is 12. The quantitative estimate of drug-likeness (QED) is 0.173. The van der Waals surface area contributed by atoms with Crippen LogP contribution < -0.4 is 20.1 Å². The second-order valence-corrected chi connectivity index (χ2v) is 15.0. The molecule has 0 radical (unpaired) electrons. The van der Waals surface area contributed by atoms with Gasteiger partial charge in [0.1, 0.15) is 13.1 Å². The molecule has 2 aliphatic rings. The summed E-state index contributed by atoms with van der Waals surface area (Å²) >= 11 is 0. The number of unbranched alkanes of at least 4 members (excludes halogenated alkanes) is 2. The van der Waals surface area contributed by atoms with Gasteiger partial charge in [0, 0.05) is 48.3 Å². The molecule has 2 aliphatic heterocycles. The third kappa shape index (κ3) is 8.38. The number of fused-ring (bicyclic) bond motifs is 2. The highest BCUT2D eigenvalue weighted by molar-refractivity contribution is 7.86. The van der Waals surface area contributed by atoms with Gasteiger partial charge in [0.15, 0.2) is 0 Å². The molecule has 5 rings (SSSR count). The summed E-state index contributed by atoms with van der Waals surface area (Å²) in [6, 6.07) is 22.6. The van der Waals surface area contributed by atoms with Gasteiger partial charge < -0.3 is 4.90 Å². The second-order valence-electron chi connectivity index (χ2n) is 11.9. The largest absolute Gasteiger partial charge is 0.371 e. The Hall–Kier alpha value is -3.56. The topological polar surface area (TPSA) is 139 Å². The maximum absolute atomic E-state index is 11.3. The molecule has 2 N–H and O–H groups in total. The minimum absolute atomic E-state index is 0.256. The van der Waals surface area contributed by atoms with E-state index in [-0.39, 0.29) is 11.5 Å². The van der Waals surface area contributed by atoms with E-state index in [9.17, 15) is 31.2 Å². The van der Waals surface area contributed by atoms with E-state index in [2.05, 4.69) is 51.9 Å². The Morgan fingerprint density at radius 3 is 2.20 bits per heavy atom. The van der Waals surface area contributed by atoms with Crippen LogP contribution in [0, 0.1) is 11.3 Å². The standard InChI is InChI=1S/C34H39N3O6S2/c35-25-26-15-17-27(18-16-26)32(30-13-5-9-28-11-7-21-36(33(28)30)19-1-3-23-44(38,39)40)31-14-6-10-29-12-8-22-37(34(29)31)20-2-4-24-45(41,42)43/h5-6,9-10,13-18H,1-4,7-8,11-12,19-24H2,(H-,38,39,40,41,42,43)/p+1. The number of nitrogens with zero attached hydrogens (tertiary/aromatic N) is 3. The minimum Gasteiger partial charge on any atom is -0.371 e. The fourth-order valence-electron chi connectivity index (χ4n) is 6.67. The van der Waals surface area contributed by atoms with Gasteiger partial charge >= 0.3 is 0 Å². The Morgan fingerprint density at radius 1 is 0.822 bits per heavy atom. The normalized spacial score (nSPS) is 15.7. The van der Waals surface area contributed by atoms with Gasteiger partial charge in [-0.25, -0.2) is 4.58 Å². The molecule has 3 aromatic rings. The number of nitriles is 1. The molecule has 0 bridgehead atoms. The molecule has 3 aromatic carbocycles. The molecule has 0 saturated heterocycles. The third-order valence-corrected chi connectivity index (χ3v) is 10.2. The molecular formula is C34H40N3O6S2+. The van der Waals surface area contributed by atoms with Crippen molar-refractivity contribution in [2.24, 2.45) is 0 Å². The molecule has 0 aliphatic carbocycles. The van der Waals surface area contributed by atoms with Gasteiger partial charge in [-0.3, -0.25) is 9.11 Å². The molecule has 0 unspecified atom stereocenters. The van der Waals surface area contributed by atoms with Gasteiger partial charge in [0.05, 0.1) is 28.4 Å². The smallest absolute Gasteiger partial charge is 0.264 e. The highest BCUT2D eigenvalue weighted by Crippen LogP contribution is 2.36. The number of benzene rings is 3. The lowest BCUT2D eigenvalue weighted by molar-refractivity contribution is 0.472. The molecule has 0 spiro atoms. The Kier molecular flexibility index (Phi) is 10.4. The van der Waals surface area contributed by atoms with Crippen molar-refractivity contribution in [1.82, 2.24) is 4.58 Å². The van der Waals surface area contributed by atoms with Crippen molar-refractivity contribution in [3.63, 3.8) is 0 Å². The van der Waals surface area contributed by atoms with E-state index in [1.807, 2.05) is 24.3 Å². The van der Waals surface area contributed by atoms with E-state index in [0.717, 1.165) is 71.7 Å². The Balaban J connectivity index is 1.70. The molecule has 45 heavy (non-hydrogen) atoms. The number of hydrogen-bond donors (Lipinski definition) is 2. The molecular weight excluding hydrogens is 611 g/mol. The van der Waals surface area contributed by atoms with Crippen molar-refractivity contribution in [1.29, 1.82) is 5.26 Å². The van der Waals surface area contributed by atoms with E-state index in [1.165, 1.54) is 11.1 Å². The monoisotopic (exact) mass is 650 g/mol. The molecule has 0 fully saturated rings. The minimum atomic E-state index is -4.01. The third-order valence-electron chi connectivity index (χ3n) is 8.62. The number of anilines is 1. The van der Waals surface area contributed by atoms with Crippen LogP contribution >= 0.6 is 0 Å². The van der Waals surface area contributed by atoms with Crippen molar-refractivity contribution in [2.45, 2.75) is 51.4 Å². The maximum atomic E-state index is 11.3. The summed E-state index contributed by atoms with van der Waals surface area (Å²) in [6.45, 7) is 2.99. The van der Waals surface area contributed by atoms with E-state index < -0.39 is 20.2 Å². The van der Waals surface area contributed by atoms with Crippen LogP contribution in [-0.2, 0) is 33.1 Å². The zero-order valence-electron chi connectivity index (χ0n) is 25.4. The SMILES string of the molecule is N#Cc1ccc(C(c2cccc3c2N(CCCCS(=O)(=O)O)CCC3)=c2cccc3c2=[N+](CCCCS(=O)(=O)O)CCC3)cc1. The second kappa shape index (κ2) is 14.3. The first kappa shape index (κ1) is 32.8. The predicted octanol–water partition coefficient (Wildman–Crippen LogP) is 3.33. The summed E-state index contributed by atoms with van der Waals surface area (Å²) in [4.78, 5) is 2.34. The van der Waals surface area contributed by atoms with E-state index in [4.69, 9.17) is 0 Å². The van der Waals surface area contributed by atoms with Crippen LogP contribution in [0.15, 0.2) is 60.7 Å². The van der Waals surface area contributed by atoms with Crippen LogP contribution in [0.1, 0.15) is 66.3 Å². The molecule has 9 nitrogen and oxygen atoms in total. The summed E-state index contributed by atoms with van der Waals surface area (Å²) in [6.07, 6.45) is 5.82. The summed E-state index contributed by atoms with van der Waals surface area (Å²) in [5, 5.41) is 11.7. The fraction of sp³-hybridized carbons (Fsp3) is 0.412. The first-order valence-corrected chi connectivity index (χ1v) is 18.8. The Morgan fingerprint density at radius 2 is 1.49 bits per heavy atom. The lowest BCUT2D eigenvalue weighted by Crippen LogP contribution is -2.47. The zero-order valence-corrected chi connectivity index (χ0v) is 27.0. The summed E-state index contributed by atoms with van der Waals surface area (Å²) in [5.41, 5.74) is 7.25. The average molecular weight is 651 g/mol. The van der Waals surface area contributed by atoms with Gasteiger partial charge in [0.2, 0.25) is 5.36 Å². The molecule has 0 saturated carbocycles. The van der Waals surface area contributed by atoms with Gasteiger partial charge in [-0.05, 0) is 67.9 Å². The van der Waals surface area contributed by atoms with E-state index in [0.29, 0.717) is 44.3 Å². The number of para-hydroxylation sites is 2. The van der Waals surface area contributed by atoms with Crippen molar-refractivity contribution in [3.8, 4) is 6.07 Å². The Labute approximate surface area is 265 Å². The first-order valence-electron chi connectivity index (χ1n) is 15.6. The van der Waals surface area contributed by atoms with Gasteiger partial charge in [0.25, 0.3) is 20.2 Å². The van der Waals surface area contributed by atoms with Crippen molar-refractivity contribution < 1.29 is 25.9 Å². The molecule has 0 atom stereocenters. The van der Waals surface area contributed by atoms with Crippen LogP contribution in [0.25, 0.3) is 5.57 Å².